The summed E-state index contributed by atoms with van der Waals surface area (Å²) >= 11 is 0. The van der Waals surface area contributed by atoms with Gasteiger partial charge in [-0.1, -0.05) is 72.8 Å². The quantitative estimate of drug-likeness (QED) is 0.631. The zero-order valence-corrected chi connectivity index (χ0v) is 17.0. The average Bonchev–Trinajstić information content (AvgIpc) is 3.32. The highest BCUT2D eigenvalue weighted by molar-refractivity contribution is 5.43. The topological polar surface area (TPSA) is 32.7 Å². The van der Waals surface area contributed by atoms with E-state index in [1.807, 2.05) is 60.7 Å². The number of methoxy groups -OCH3 is 1. The molecule has 4 rings (SSSR count). The lowest BCUT2D eigenvalue weighted by atomic mass is 9.72. The van der Waals surface area contributed by atoms with Gasteiger partial charge in [-0.3, -0.25) is 0 Å². The van der Waals surface area contributed by atoms with Crippen LogP contribution in [0.25, 0.3) is 0 Å². The SMILES string of the molecule is COc1ccc(C(O)(c2ccccc2)C(CN2CCCC2)c2ccccc2)cc1. The summed E-state index contributed by atoms with van der Waals surface area (Å²) < 4.78 is 5.35. The van der Waals surface area contributed by atoms with Crippen LogP contribution >= 0.6 is 0 Å². The largest absolute Gasteiger partial charge is 0.497 e. The van der Waals surface area contributed by atoms with Gasteiger partial charge in [0.05, 0.1) is 7.11 Å². The molecular weight excluding hydrogens is 358 g/mol. The second kappa shape index (κ2) is 8.81. The van der Waals surface area contributed by atoms with Crippen LogP contribution in [0.15, 0.2) is 84.9 Å². The molecule has 1 N–H and O–H groups in total. The van der Waals surface area contributed by atoms with E-state index >= 15 is 0 Å². The average molecular weight is 388 g/mol. The van der Waals surface area contributed by atoms with Crippen molar-refractivity contribution >= 4 is 0 Å². The number of hydrogen-bond donors (Lipinski definition) is 1. The van der Waals surface area contributed by atoms with Gasteiger partial charge in [-0.05, 0) is 54.8 Å². The molecule has 1 aliphatic rings. The van der Waals surface area contributed by atoms with Crippen LogP contribution in [0.1, 0.15) is 35.4 Å². The molecule has 0 amide bonds. The van der Waals surface area contributed by atoms with Crippen molar-refractivity contribution in [1.29, 1.82) is 0 Å². The zero-order chi connectivity index (χ0) is 20.1. The number of rotatable bonds is 7. The molecule has 3 nitrogen and oxygen atoms in total. The Bertz CT molecular complexity index is 889. The normalized spacial score (nSPS) is 17.6. The maximum absolute atomic E-state index is 12.4. The molecule has 0 spiro atoms. The van der Waals surface area contributed by atoms with Crippen LogP contribution < -0.4 is 4.74 Å². The molecule has 2 atom stereocenters. The molecule has 0 aliphatic carbocycles. The monoisotopic (exact) mass is 387 g/mol. The predicted octanol–water partition coefficient (Wildman–Crippen LogP) is 4.81. The molecule has 150 valence electrons. The zero-order valence-electron chi connectivity index (χ0n) is 17.0. The molecule has 2 unspecified atom stereocenters. The van der Waals surface area contributed by atoms with E-state index < -0.39 is 5.60 Å². The van der Waals surface area contributed by atoms with Gasteiger partial charge in [0.15, 0.2) is 0 Å². The first-order chi connectivity index (χ1) is 14.2. The van der Waals surface area contributed by atoms with Crippen molar-refractivity contribution in [1.82, 2.24) is 4.90 Å². The summed E-state index contributed by atoms with van der Waals surface area (Å²) in [7, 11) is 1.67. The van der Waals surface area contributed by atoms with Crippen molar-refractivity contribution in [3.63, 3.8) is 0 Å². The van der Waals surface area contributed by atoms with Crippen molar-refractivity contribution in [2.75, 3.05) is 26.7 Å². The summed E-state index contributed by atoms with van der Waals surface area (Å²) in [5.41, 5.74) is 1.81. The van der Waals surface area contributed by atoms with Gasteiger partial charge < -0.3 is 14.7 Å². The highest BCUT2D eigenvalue weighted by Crippen LogP contribution is 2.43. The predicted molar refractivity (Wildman–Crippen MR) is 117 cm³/mol. The highest BCUT2D eigenvalue weighted by atomic mass is 16.5. The minimum atomic E-state index is -1.14. The van der Waals surface area contributed by atoms with E-state index in [2.05, 4.69) is 29.2 Å². The van der Waals surface area contributed by atoms with Crippen molar-refractivity contribution < 1.29 is 9.84 Å². The molecule has 3 aromatic carbocycles. The fraction of sp³-hybridized carbons (Fsp3) is 0.308. The van der Waals surface area contributed by atoms with Crippen LogP contribution in [0.5, 0.6) is 5.75 Å². The van der Waals surface area contributed by atoms with Crippen molar-refractivity contribution in [3.05, 3.63) is 102 Å². The Morgan fingerprint density at radius 2 is 1.38 bits per heavy atom. The van der Waals surface area contributed by atoms with Gasteiger partial charge >= 0.3 is 0 Å². The van der Waals surface area contributed by atoms with Crippen LogP contribution in [0.3, 0.4) is 0 Å². The van der Waals surface area contributed by atoms with E-state index in [1.165, 1.54) is 12.8 Å². The fourth-order valence-corrected chi connectivity index (χ4v) is 4.49. The molecule has 3 heteroatoms. The summed E-state index contributed by atoms with van der Waals surface area (Å²) in [6.07, 6.45) is 2.46. The minimum Gasteiger partial charge on any atom is -0.497 e. The molecular formula is C26H29NO2. The molecule has 0 radical (unpaired) electrons. The summed E-state index contributed by atoms with van der Waals surface area (Å²) in [6.45, 7) is 3.01. The fourth-order valence-electron chi connectivity index (χ4n) is 4.49. The number of likely N-dealkylation sites (tertiary alicyclic amines) is 1. The van der Waals surface area contributed by atoms with Gasteiger partial charge in [0.2, 0.25) is 0 Å². The van der Waals surface area contributed by atoms with E-state index in [0.29, 0.717) is 0 Å². The number of ether oxygens (including phenoxy) is 1. The van der Waals surface area contributed by atoms with E-state index in [1.54, 1.807) is 7.11 Å². The lowest BCUT2D eigenvalue weighted by Gasteiger charge is -2.39. The summed E-state index contributed by atoms with van der Waals surface area (Å²) in [4.78, 5) is 2.48. The summed E-state index contributed by atoms with van der Waals surface area (Å²) in [5.74, 6) is 0.706. The third-order valence-corrected chi connectivity index (χ3v) is 6.09. The number of hydrogen-bond acceptors (Lipinski definition) is 3. The Hall–Kier alpha value is -2.62. The molecule has 0 aromatic heterocycles. The highest BCUT2D eigenvalue weighted by Gasteiger charge is 2.42. The Labute approximate surface area is 173 Å². The maximum Gasteiger partial charge on any atom is 0.123 e. The lowest BCUT2D eigenvalue weighted by Crippen LogP contribution is -2.41. The van der Waals surface area contributed by atoms with Gasteiger partial charge in [-0.2, -0.15) is 0 Å². The Morgan fingerprint density at radius 3 is 1.97 bits per heavy atom. The molecule has 29 heavy (non-hydrogen) atoms. The van der Waals surface area contributed by atoms with Gasteiger partial charge in [-0.25, -0.2) is 0 Å². The van der Waals surface area contributed by atoms with Gasteiger partial charge in [-0.15, -0.1) is 0 Å². The third kappa shape index (κ3) is 4.07. The van der Waals surface area contributed by atoms with E-state index in [4.69, 9.17) is 4.74 Å². The van der Waals surface area contributed by atoms with E-state index in [9.17, 15) is 5.11 Å². The third-order valence-electron chi connectivity index (χ3n) is 6.09. The summed E-state index contributed by atoms with van der Waals surface area (Å²) in [5, 5.41) is 12.4. The van der Waals surface area contributed by atoms with Gasteiger partial charge in [0, 0.05) is 12.5 Å². The standard InChI is InChI=1S/C26H29NO2/c1-29-24-16-14-23(15-17-24)26(28,22-12-6-3-7-13-22)25(20-27-18-8-9-19-27)21-10-4-2-5-11-21/h2-7,10-17,25,28H,8-9,18-20H2,1H3. The molecule has 1 aliphatic heterocycles. The van der Waals surface area contributed by atoms with Crippen molar-refractivity contribution in [2.45, 2.75) is 24.4 Å². The Morgan fingerprint density at radius 1 is 0.828 bits per heavy atom. The Kier molecular flexibility index (Phi) is 5.98. The molecule has 0 bridgehead atoms. The van der Waals surface area contributed by atoms with Crippen molar-refractivity contribution in [2.24, 2.45) is 0 Å². The molecule has 1 heterocycles. The number of benzene rings is 3. The van der Waals surface area contributed by atoms with E-state index in [-0.39, 0.29) is 5.92 Å². The maximum atomic E-state index is 12.4. The lowest BCUT2D eigenvalue weighted by molar-refractivity contribution is 0.0366. The first kappa shape index (κ1) is 19.7. The van der Waals surface area contributed by atoms with Crippen LogP contribution in [0, 0.1) is 0 Å². The van der Waals surface area contributed by atoms with Crippen molar-refractivity contribution in [3.8, 4) is 5.75 Å². The van der Waals surface area contributed by atoms with E-state index in [0.717, 1.165) is 42.1 Å². The van der Waals surface area contributed by atoms with Crippen LogP contribution in [0.2, 0.25) is 0 Å². The summed E-state index contributed by atoms with van der Waals surface area (Å²) in [6, 6.07) is 28.3. The molecule has 3 aromatic rings. The second-order valence-corrected chi connectivity index (χ2v) is 7.83. The van der Waals surface area contributed by atoms with Crippen LogP contribution in [0.4, 0.5) is 0 Å². The molecule has 1 fully saturated rings. The molecule has 1 saturated heterocycles. The second-order valence-electron chi connectivity index (χ2n) is 7.83. The first-order valence-corrected chi connectivity index (χ1v) is 10.4. The molecule has 0 saturated carbocycles. The number of aliphatic hydroxyl groups is 1. The van der Waals surface area contributed by atoms with Crippen LogP contribution in [-0.2, 0) is 5.60 Å². The van der Waals surface area contributed by atoms with Gasteiger partial charge in [0.25, 0.3) is 0 Å². The first-order valence-electron chi connectivity index (χ1n) is 10.4. The minimum absolute atomic E-state index is 0.0856. The van der Waals surface area contributed by atoms with Gasteiger partial charge in [0.1, 0.15) is 11.4 Å². The van der Waals surface area contributed by atoms with Crippen LogP contribution in [-0.4, -0.2) is 36.8 Å². The number of nitrogens with zero attached hydrogens (tertiary/aromatic N) is 1. The smallest absolute Gasteiger partial charge is 0.123 e. The Balaban J connectivity index is 1.85.